The summed E-state index contributed by atoms with van der Waals surface area (Å²) in [5, 5.41) is 8.88. The van der Waals surface area contributed by atoms with Gasteiger partial charge in [-0.25, -0.2) is 4.98 Å². The van der Waals surface area contributed by atoms with E-state index in [2.05, 4.69) is 33.1 Å². The van der Waals surface area contributed by atoms with Crippen LogP contribution in [-0.2, 0) is 13.0 Å². The van der Waals surface area contributed by atoms with Crippen molar-refractivity contribution >= 4 is 11.3 Å². The Kier molecular flexibility index (Phi) is 5.92. The smallest absolute Gasteiger partial charge is 0.123 e. The molecule has 148 valence electrons. The summed E-state index contributed by atoms with van der Waals surface area (Å²) < 4.78 is 11.1. The van der Waals surface area contributed by atoms with Crippen molar-refractivity contribution in [3.8, 4) is 11.5 Å². The van der Waals surface area contributed by atoms with E-state index in [1.54, 1.807) is 18.4 Å². The number of benzene rings is 1. The van der Waals surface area contributed by atoms with Gasteiger partial charge in [-0.05, 0) is 38.1 Å². The number of hydrogen-bond acceptors (Lipinski definition) is 6. The van der Waals surface area contributed by atoms with E-state index >= 15 is 0 Å². The highest BCUT2D eigenvalue weighted by atomic mass is 32.1. The Labute approximate surface area is 169 Å². The monoisotopic (exact) mass is 398 g/mol. The number of thiazole rings is 1. The van der Waals surface area contributed by atoms with Gasteiger partial charge < -0.3 is 9.47 Å². The van der Waals surface area contributed by atoms with E-state index in [1.165, 1.54) is 10.6 Å². The van der Waals surface area contributed by atoms with E-state index in [9.17, 15) is 0 Å². The molecule has 1 N–H and O–H groups in total. The fourth-order valence-corrected chi connectivity index (χ4v) is 4.44. The van der Waals surface area contributed by atoms with E-state index in [0.29, 0.717) is 12.5 Å². The number of methoxy groups -OCH3 is 1. The number of aryl methyl sites for hydroxylation is 1. The van der Waals surface area contributed by atoms with Crippen molar-refractivity contribution < 1.29 is 9.47 Å². The van der Waals surface area contributed by atoms with Crippen molar-refractivity contribution in [3.05, 3.63) is 57.8 Å². The van der Waals surface area contributed by atoms with Gasteiger partial charge in [0.25, 0.3) is 0 Å². The third-order valence-corrected chi connectivity index (χ3v) is 5.97. The molecule has 0 aliphatic carbocycles. The van der Waals surface area contributed by atoms with Crippen molar-refractivity contribution in [1.82, 2.24) is 20.1 Å². The molecule has 0 saturated carbocycles. The molecule has 1 fully saturated rings. The van der Waals surface area contributed by atoms with Crippen molar-refractivity contribution in [2.75, 3.05) is 26.8 Å². The predicted octanol–water partition coefficient (Wildman–Crippen LogP) is 3.79. The molecule has 0 amide bonds. The number of likely N-dealkylation sites (tertiary alicyclic amines) is 1. The van der Waals surface area contributed by atoms with Gasteiger partial charge in [-0.2, -0.15) is 5.10 Å². The zero-order valence-corrected chi connectivity index (χ0v) is 17.2. The van der Waals surface area contributed by atoms with Crippen LogP contribution in [0, 0.1) is 6.92 Å². The summed E-state index contributed by atoms with van der Waals surface area (Å²) in [6, 6.07) is 9.88. The van der Waals surface area contributed by atoms with Gasteiger partial charge in [0.05, 0.1) is 24.4 Å². The van der Waals surface area contributed by atoms with Crippen molar-refractivity contribution in [1.29, 1.82) is 0 Å². The highest BCUT2D eigenvalue weighted by Crippen LogP contribution is 2.28. The first-order valence-corrected chi connectivity index (χ1v) is 10.5. The molecule has 4 rings (SSSR count). The summed E-state index contributed by atoms with van der Waals surface area (Å²) in [6.45, 7) is 5.83. The van der Waals surface area contributed by atoms with Crippen LogP contribution in [0.4, 0.5) is 0 Å². The molecule has 1 atom stereocenters. The van der Waals surface area contributed by atoms with Crippen molar-refractivity contribution in [2.24, 2.45) is 0 Å². The Balaban J connectivity index is 1.26. The van der Waals surface area contributed by atoms with Gasteiger partial charge in [-0.15, -0.1) is 11.3 Å². The van der Waals surface area contributed by atoms with E-state index < -0.39 is 0 Å². The average molecular weight is 399 g/mol. The minimum Gasteiger partial charge on any atom is -0.497 e. The number of hydrogen-bond donors (Lipinski definition) is 1. The maximum absolute atomic E-state index is 5.83. The number of nitrogens with one attached hydrogen (secondary N) is 1. The molecule has 3 aromatic rings. The molecule has 3 heterocycles. The Hall–Kier alpha value is -2.38. The van der Waals surface area contributed by atoms with Gasteiger partial charge in [0.15, 0.2) is 0 Å². The summed E-state index contributed by atoms with van der Waals surface area (Å²) in [7, 11) is 1.66. The molecule has 7 heteroatoms. The molecule has 6 nitrogen and oxygen atoms in total. The van der Waals surface area contributed by atoms with Gasteiger partial charge in [0.2, 0.25) is 0 Å². The van der Waals surface area contributed by atoms with Crippen LogP contribution in [0.5, 0.6) is 11.5 Å². The Morgan fingerprint density at radius 1 is 1.29 bits per heavy atom. The molecular weight excluding hydrogens is 372 g/mol. The van der Waals surface area contributed by atoms with Gasteiger partial charge in [-0.1, -0.05) is 6.07 Å². The standard InChI is InChI=1S/C21H26N4O2S/c1-15-22-12-20(28-15)14-25-8-6-16(13-25)21-10-17(23-24-21)7-9-27-19-5-3-4-18(11-19)26-2/h3-5,10-12,16H,6-9,13-14H2,1-2H3,(H,23,24). The molecular formula is C21H26N4O2S. The van der Waals surface area contributed by atoms with Crippen LogP contribution in [0.1, 0.15) is 33.6 Å². The van der Waals surface area contributed by atoms with Crippen molar-refractivity contribution in [2.45, 2.75) is 32.2 Å². The third-order valence-electron chi connectivity index (χ3n) is 5.07. The van der Waals surface area contributed by atoms with E-state index in [4.69, 9.17) is 9.47 Å². The summed E-state index contributed by atoms with van der Waals surface area (Å²) >= 11 is 1.79. The molecule has 1 aliphatic rings. The first-order valence-electron chi connectivity index (χ1n) is 9.64. The van der Waals surface area contributed by atoms with Crippen LogP contribution in [-0.4, -0.2) is 46.9 Å². The number of nitrogens with zero attached hydrogens (tertiary/aromatic N) is 3. The minimum atomic E-state index is 0.498. The second-order valence-corrected chi connectivity index (χ2v) is 8.48. The van der Waals surface area contributed by atoms with Gasteiger partial charge in [-0.3, -0.25) is 10.00 Å². The van der Waals surface area contributed by atoms with Crippen LogP contribution in [0.2, 0.25) is 0 Å². The molecule has 1 unspecified atom stereocenters. The molecule has 1 aromatic carbocycles. The summed E-state index contributed by atoms with van der Waals surface area (Å²) in [4.78, 5) is 8.20. The van der Waals surface area contributed by atoms with Gasteiger partial charge in [0.1, 0.15) is 11.5 Å². The van der Waals surface area contributed by atoms with Gasteiger partial charge >= 0.3 is 0 Å². The lowest BCUT2D eigenvalue weighted by atomic mass is 10.0. The SMILES string of the molecule is COc1cccc(OCCc2cc(C3CCN(Cc4cnc(C)s4)C3)n[nH]2)c1. The highest BCUT2D eigenvalue weighted by molar-refractivity contribution is 7.11. The van der Waals surface area contributed by atoms with Crippen LogP contribution in [0.3, 0.4) is 0 Å². The molecule has 1 saturated heterocycles. The molecule has 2 aromatic heterocycles. The Bertz CT molecular complexity index is 907. The quantitative estimate of drug-likeness (QED) is 0.625. The van der Waals surface area contributed by atoms with E-state index in [-0.39, 0.29) is 0 Å². The molecule has 0 bridgehead atoms. The fraction of sp³-hybridized carbons (Fsp3) is 0.429. The predicted molar refractivity (Wildman–Crippen MR) is 110 cm³/mol. The van der Waals surface area contributed by atoms with Gasteiger partial charge in [0, 0.05) is 48.3 Å². The van der Waals surface area contributed by atoms with Crippen molar-refractivity contribution in [3.63, 3.8) is 0 Å². The molecule has 0 radical (unpaired) electrons. The second kappa shape index (κ2) is 8.75. The second-order valence-electron chi connectivity index (χ2n) is 7.16. The molecule has 28 heavy (non-hydrogen) atoms. The van der Waals surface area contributed by atoms with Crippen LogP contribution in [0.25, 0.3) is 0 Å². The van der Waals surface area contributed by atoms with Crippen LogP contribution < -0.4 is 9.47 Å². The lowest BCUT2D eigenvalue weighted by Crippen LogP contribution is -2.19. The zero-order valence-electron chi connectivity index (χ0n) is 16.4. The number of aromatic amines is 1. The normalized spacial score (nSPS) is 17.1. The summed E-state index contributed by atoms with van der Waals surface area (Å²) in [5.41, 5.74) is 2.29. The topological polar surface area (TPSA) is 63.3 Å². The molecule has 0 spiro atoms. The largest absolute Gasteiger partial charge is 0.497 e. The lowest BCUT2D eigenvalue weighted by molar-refractivity contribution is 0.317. The number of aromatic nitrogens is 3. The van der Waals surface area contributed by atoms with E-state index in [0.717, 1.165) is 54.7 Å². The minimum absolute atomic E-state index is 0.498. The number of H-pyrrole nitrogens is 1. The number of rotatable bonds is 8. The van der Waals surface area contributed by atoms with E-state index in [1.807, 2.05) is 30.5 Å². The zero-order chi connectivity index (χ0) is 19.3. The summed E-state index contributed by atoms with van der Waals surface area (Å²) in [5.74, 6) is 2.13. The summed E-state index contributed by atoms with van der Waals surface area (Å²) in [6.07, 6.45) is 3.96. The lowest BCUT2D eigenvalue weighted by Gasteiger charge is -2.13. The van der Waals surface area contributed by atoms with Crippen LogP contribution in [0.15, 0.2) is 36.5 Å². The highest BCUT2D eigenvalue weighted by Gasteiger charge is 2.26. The first kappa shape index (κ1) is 19.0. The Morgan fingerprint density at radius 3 is 3.00 bits per heavy atom. The maximum atomic E-state index is 5.83. The third kappa shape index (κ3) is 4.72. The maximum Gasteiger partial charge on any atom is 0.123 e. The molecule has 1 aliphatic heterocycles. The number of ether oxygens (including phenoxy) is 2. The Morgan fingerprint density at radius 2 is 2.18 bits per heavy atom. The fourth-order valence-electron chi connectivity index (χ4n) is 3.60. The first-order chi connectivity index (χ1) is 13.7. The van der Waals surface area contributed by atoms with Crippen LogP contribution >= 0.6 is 11.3 Å². The average Bonchev–Trinajstić information content (AvgIpc) is 3.44.